The third-order valence-corrected chi connectivity index (χ3v) is 7.60. The highest BCUT2D eigenvalue weighted by molar-refractivity contribution is 7.21. The quantitative estimate of drug-likeness (QED) is 0.227. The van der Waals surface area contributed by atoms with Crippen LogP contribution >= 0.6 is 34.5 Å². The molecular formula is C29H16Cl2N2O3S. The fraction of sp³-hybridized carbons (Fsp3) is 0. The molecule has 4 aromatic carbocycles. The zero-order valence-electron chi connectivity index (χ0n) is 19.0. The number of carbonyl (C=O) groups excluding carboxylic acids is 1. The molecule has 6 aromatic rings. The van der Waals surface area contributed by atoms with Crippen molar-refractivity contribution >= 4 is 67.3 Å². The van der Waals surface area contributed by atoms with E-state index in [4.69, 9.17) is 27.6 Å². The normalized spacial score (nSPS) is 11.2. The molecule has 2 aromatic heterocycles. The number of nitrogens with zero attached hydrogens (tertiary/aromatic N) is 1. The van der Waals surface area contributed by atoms with Gasteiger partial charge in [0.1, 0.15) is 10.6 Å². The van der Waals surface area contributed by atoms with Gasteiger partial charge in [0, 0.05) is 16.5 Å². The molecule has 0 fully saturated rings. The van der Waals surface area contributed by atoms with Crippen LogP contribution in [0.4, 0.5) is 5.69 Å². The van der Waals surface area contributed by atoms with Crippen molar-refractivity contribution in [1.29, 1.82) is 0 Å². The number of para-hydroxylation sites is 2. The minimum atomic E-state index is -0.475. The molecule has 0 radical (unpaired) electrons. The summed E-state index contributed by atoms with van der Waals surface area (Å²) < 4.78 is 6.49. The SMILES string of the molecule is O=C(Nc1cc(-c2nc3ccccc3s2)c(Cl)cc1Cl)c1cccc(-c2cc3ccccc3oc2=O)c1. The van der Waals surface area contributed by atoms with Crippen LogP contribution in [-0.4, -0.2) is 10.9 Å². The van der Waals surface area contributed by atoms with E-state index in [0.717, 1.165) is 20.6 Å². The molecule has 0 aliphatic heterocycles. The van der Waals surface area contributed by atoms with Crippen LogP contribution in [0.1, 0.15) is 10.4 Å². The van der Waals surface area contributed by atoms with Gasteiger partial charge >= 0.3 is 5.63 Å². The summed E-state index contributed by atoms with van der Waals surface area (Å²) in [7, 11) is 0. The first-order valence-electron chi connectivity index (χ1n) is 11.3. The third kappa shape index (κ3) is 4.51. The zero-order valence-corrected chi connectivity index (χ0v) is 21.3. The van der Waals surface area contributed by atoms with Crippen molar-refractivity contribution in [2.75, 3.05) is 5.32 Å². The van der Waals surface area contributed by atoms with Crippen molar-refractivity contribution in [3.8, 4) is 21.7 Å². The van der Waals surface area contributed by atoms with E-state index in [1.807, 2.05) is 36.4 Å². The number of hydrogen-bond donors (Lipinski definition) is 1. The summed E-state index contributed by atoms with van der Waals surface area (Å²) in [6, 6.07) is 27.0. The minimum Gasteiger partial charge on any atom is -0.422 e. The molecule has 0 aliphatic carbocycles. The van der Waals surface area contributed by atoms with E-state index in [1.54, 1.807) is 54.6 Å². The average Bonchev–Trinajstić information content (AvgIpc) is 3.34. The van der Waals surface area contributed by atoms with Gasteiger partial charge in [-0.25, -0.2) is 9.78 Å². The summed E-state index contributed by atoms with van der Waals surface area (Å²) in [5.74, 6) is -0.383. The van der Waals surface area contributed by atoms with Gasteiger partial charge in [-0.15, -0.1) is 11.3 Å². The fourth-order valence-electron chi connectivity index (χ4n) is 4.08. The van der Waals surface area contributed by atoms with Crippen LogP contribution in [0, 0.1) is 0 Å². The Morgan fingerprint density at radius 2 is 1.65 bits per heavy atom. The first kappa shape index (κ1) is 23.4. The molecule has 0 saturated heterocycles. The van der Waals surface area contributed by atoms with E-state index < -0.39 is 5.63 Å². The zero-order chi connectivity index (χ0) is 25.5. The molecule has 180 valence electrons. The van der Waals surface area contributed by atoms with E-state index in [9.17, 15) is 9.59 Å². The number of thiazole rings is 1. The van der Waals surface area contributed by atoms with Gasteiger partial charge in [0.2, 0.25) is 0 Å². The topological polar surface area (TPSA) is 72.2 Å². The number of nitrogens with one attached hydrogen (secondary N) is 1. The third-order valence-electron chi connectivity index (χ3n) is 5.91. The Balaban J connectivity index is 1.33. The minimum absolute atomic E-state index is 0.300. The largest absolute Gasteiger partial charge is 0.422 e. The van der Waals surface area contributed by atoms with Crippen molar-refractivity contribution < 1.29 is 9.21 Å². The molecule has 1 N–H and O–H groups in total. The number of halogens is 2. The summed E-state index contributed by atoms with van der Waals surface area (Å²) >= 11 is 14.4. The standard InChI is InChI=1S/C29H16Cl2N2O3S/c30-21-15-22(31)24(14-20(21)28-33-23-9-2-4-11-26(23)37-28)32-27(34)18-8-5-7-16(12-18)19-13-17-6-1-3-10-25(17)36-29(19)35/h1-15H,(H,32,34). The number of aromatic nitrogens is 1. The summed E-state index contributed by atoms with van der Waals surface area (Å²) in [6.07, 6.45) is 0. The Bertz CT molecular complexity index is 1860. The predicted molar refractivity (Wildman–Crippen MR) is 151 cm³/mol. The first-order valence-corrected chi connectivity index (χ1v) is 12.8. The number of carbonyl (C=O) groups is 1. The second kappa shape index (κ2) is 9.48. The number of rotatable bonds is 4. The van der Waals surface area contributed by atoms with Gasteiger partial charge in [0.05, 0.1) is 31.5 Å². The molecule has 0 saturated carbocycles. The van der Waals surface area contributed by atoms with E-state index in [1.165, 1.54) is 11.3 Å². The summed E-state index contributed by atoms with van der Waals surface area (Å²) in [5, 5.41) is 5.12. The molecule has 0 spiro atoms. The maximum Gasteiger partial charge on any atom is 0.344 e. The fourth-order valence-corrected chi connectivity index (χ4v) is 5.65. The van der Waals surface area contributed by atoms with Gasteiger partial charge in [-0.2, -0.15) is 0 Å². The lowest BCUT2D eigenvalue weighted by Crippen LogP contribution is -2.13. The monoisotopic (exact) mass is 542 g/mol. The first-order chi connectivity index (χ1) is 18.0. The second-order valence-corrected chi connectivity index (χ2v) is 10.2. The number of fused-ring (bicyclic) bond motifs is 2. The Kier molecular flexibility index (Phi) is 6.00. The number of amides is 1. The van der Waals surface area contributed by atoms with E-state index in [-0.39, 0.29) is 5.91 Å². The van der Waals surface area contributed by atoms with Gasteiger partial charge < -0.3 is 9.73 Å². The van der Waals surface area contributed by atoms with E-state index >= 15 is 0 Å². The van der Waals surface area contributed by atoms with E-state index in [0.29, 0.717) is 43.6 Å². The highest BCUT2D eigenvalue weighted by Crippen LogP contribution is 2.39. The predicted octanol–water partition coefficient (Wildman–Crippen LogP) is 8.30. The highest BCUT2D eigenvalue weighted by Gasteiger charge is 2.17. The van der Waals surface area contributed by atoms with Gasteiger partial charge in [0.25, 0.3) is 5.91 Å². The van der Waals surface area contributed by atoms with Crippen molar-refractivity contribution in [1.82, 2.24) is 4.98 Å². The molecule has 37 heavy (non-hydrogen) atoms. The van der Waals surface area contributed by atoms with Crippen molar-refractivity contribution in [2.24, 2.45) is 0 Å². The number of hydrogen-bond acceptors (Lipinski definition) is 5. The summed E-state index contributed by atoms with van der Waals surface area (Å²) in [4.78, 5) is 30.5. The van der Waals surface area contributed by atoms with Crippen LogP contribution in [0.5, 0.6) is 0 Å². The van der Waals surface area contributed by atoms with Gasteiger partial charge in [-0.05, 0) is 54.1 Å². The Morgan fingerprint density at radius 3 is 2.51 bits per heavy atom. The van der Waals surface area contributed by atoms with Crippen LogP contribution < -0.4 is 10.9 Å². The molecule has 1 amide bonds. The lowest BCUT2D eigenvalue weighted by Gasteiger charge is -2.11. The van der Waals surface area contributed by atoms with Crippen molar-refractivity contribution in [3.05, 3.63) is 117 Å². The maximum absolute atomic E-state index is 13.2. The molecule has 0 atom stereocenters. The van der Waals surface area contributed by atoms with Crippen LogP contribution in [0.3, 0.4) is 0 Å². The van der Waals surface area contributed by atoms with Crippen molar-refractivity contribution in [2.45, 2.75) is 0 Å². The second-order valence-electron chi connectivity index (χ2n) is 8.32. The van der Waals surface area contributed by atoms with Gasteiger partial charge in [-0.3, -0.25) is 4.79 Å². The molecule has 0 aliphatic rings. The molecule has 6 rings (SSSR count). The lowest BCUT2D eigenvalue weighted by atomic mass is 10.0. The maximum atomic E-state index is 13.2. The average molecular weight is 543 g/mol. The van der Waals surface area contributed by atoms with Crippen LogP contribution in [0.15, 0.2) is 100 Å². The molecule has 2 heterocycles. The molecule has 8 heteroatoms. The van der Waals surface area contributed by atoms with Crippen LogP contribution in [-0.2, 0) is 0 Å². The highest BCUT2D eigenvalue weighted by atomic mass is 35.5. The Hall–Kier alpha value is -3.97. The van der Waals surface area contributed by atoms with E-state index in [2.05, 4.69) is 10.3 Å². The molecule has 0 unspecified atom stereocenters. The summed E-state index contributed by atoms with van der Waals surface area (Å²) in [6.45, 7) is 0. The Labute approximate surface area is 224 Å². The number of anilines is 1. The Morgan fingerprint density at radius 1 is 0.838 bits per heavy atom. The lowest BCUT2D eigenvalue weighted by molar-refractivity contribution is 0.102. The van der Waals surface area contributed by atoms with Crippen molar-refractivity contribution in [3.63, 3.8) is 0 Å². The number of benzene rings is 4. The molecule has 0 bridgehead atoms. The van der Waals surface area contributed by atoms with Crippen LogP contribution in [0.25, 0.3) is 42.9 Å². The molecule has 5 nitrogen and oxygen atoms in total. The summed E-state index contributed by atoms with van der Waals surface area (Å²) in [5.41, 5.74) is 3.28. The molecular weight excluding hydrogens is 527 g/mol. The van der Waals surface area contributed by atoms with Crippen LogP contribution in [0.2, 0.25) is 10.0 Å². The van der Waals surface area contributed by atoms with Gasteiger partial charge in [0.15, 0.2) is 0 Å². The van der Waals surface area contributed by atoms with Gasteiger partial charge in [-0.1, -0.05) is 65.7 Å². The smallest absolute Gasteiger partial charge is 0.344 e.